The Morgan fingerprint density at radius 1 is 1.26 bits per heavy atom. The summed E-state index contributed by atoms with van der Waals surface area (Å²) in [5.41, 5.74) is 1.26. The molecule has 0 radical (unpaired) electrons. The molecule has 98 valence electrons. The normalized spacial score (nSPS) is 15.8. The standard InChI is InChI=1S/C12H13FN6/c13-11-5-10(19-8-15-7-17-19)6-16-12(11)18-3-1-9(14)2-4-18/h5-8,14H,1-4H2. The van der Waals surface area contributed by atoms with E-state index in [4.69, 9.17) is 5.41 Å². The summed E-state index contributed by atoms with van der Waals surface area (Å²) in [5.74, 6) is -0.0298. The van der Waals surface area contributed by atoms with Gasteiger partial charge in [-0.2, -0.15) is 5.10 Å². The molecule has 7 heteroatoms. The lowest BCUT2D eigenvalue weighted by atomic mass is 10.1. The van der Waals surface area contributed by atoms with Gasteiger partial charge in [0.05, 0.1) is 11.9 Å². The van der Waals surface area contributed by atoms with Gasteiger partial charge in [-0.1, -0.05) is 0 Å². The molecule has 3 rings (SSSR count). The van der Waals surface area contributed by atoms with Crippen molar-refractivity contribution in [2.75, 3.05) is 18.0 Å². The quantitative estimate of drug-likeness (QED) is 0.886. The van der Waals surface area contributed by atoms with Gasteiger partial charge >= 0.3 is 0 Å². The molecule has 1 saturated heterocycles. The smallest absolute Gasteiger partial charge is 0.167 e. The van der Waals surface area contributed by atoms with E-state index in [-0.39, 0.29) is 5.82 Å². The summed E-state index contributed by atoms with van der Waals surface area (Å²) in [5, 5.41) is 11.5. The number of hydrogen-bond donors (Lipinski definition) is 1. The second-order valence-corrected chi connectivity index (χ2v) is 4.43. The third-order valence-electron chi connectivity index (χ3n) is 3.16. The molecule has 1 N–H and O–H groups in total. The van der Waals surface area contributed by atoms with Crippen LogP contribution in [-0.4, -0.2) is 38.5 Å². The van der Waals surface area contributed by atoms with Crippen molar-refractivity contribution in [3.8, 4) is 5.69 Å². The molecule has 0 aromatic carbocycles. The lowest BCUT2D eigenvalue weighted by Gasteiger charge is -2.28. The molecule has 1 fully saturated rings. The average Bonchev–Trinajstić information content (AvgIpc) is 2.94. The predicted molar refractivity (Wildman–Crippen MR) is 68.3 cm³/mol. The Kier molecular flexibility index (Phi) is 2.94. The molecule has 1 aliphatic heterocycles. The summed E-state index contributed by atoms with van der Waals surface area (Å²) in [6.07, 6.45) is 5.81. The minimum atomic E-state index is -0.374. The number of hydrogen-bond acceptors (Lipinski definition) is 5. The first-order chi connectivity index (χ1) is 9.24. The van der Waals surface area contributed by atoms with Gasteiger partial charge in [-0.3, -0.25) is 0 Å². The van der Waals surface area contributed by atoms with Crippen LogP contribution < -0.4 is 4.90 Å². The average molecular weight is 260 g/mol. The van der Waals surface area contributed by atoms with Crippen molar-refractivity contribution in [2.24, 2.45) is 0 Å². The minimum Gasteiger partial charge on any atom is -0.353 e. The van der Waals surface area contributed by atoms with Gasteiger partial charge in [0.25, 0.3) is 0 Å². The molecule has 2 aromatic heterocycles. The Balaban J connectivity index is 1.86. The SMILES string of the molecule is N=C1CCN(c2ncc(-n3cncn3)cc2F)CC1. The molecule has 0 aliphatic carbocycles. The number of pyridine rings is 1. The number of piperidine rings is 1. The van der Waals surface area contributed by atoms with E-state index < -0.39 is 0 Å². The zero-order valence-corrected chi connectivity index (χ0v) is 10.3. The summed E-state index contributed by atoms with van der Waals surface area (Å²) >= 11 is 0. The molecule has 0 amide bonds. The van der Waals surface area contributed by atoms with Crippen LogP contribution >= 0.6 is 0 Å². The van der Waals surface area contributed by atoms with Gasteiger partial charge in [0.1, 0.15) is 12.7 Å². The first-order valence-corrected chi connectivity index (χ1v) is 6.06. The fraction of sp³-hybridized carbons (Fsp3) is 0.333. The van der Waals surface area contributed by atoms with Gasteiger partial charge in [0, 0.05) is 37.7 Å². The largest absolute Gasteiger partial charge is 0.353 e. The van der Waals surface area contributed by atoms with Crippen LogP contribution in [-0.2, 0) is 0 Å². The summed E-state index contributed by atoms with van der Waals surface area (Å²) in [6, 6.07) is 1.40. The third kappa shape index (κ3) is 2.31. The zero-order chi connectivity index (χ0) is 13.2. The van der Waals surface area contributed by atoms with Gasteiger partial charge in [-0.25, -0.2) is 19.0 Å². The molecule has 6 nitrogen and oxygen atoms in total. The summed E-state index contributed by atoms with van der Waals surface area (Å²) in [4.78, 5) is 9.86. The molecule has 0 saturated carbocycles. The summed E-state index contributed by atoms with van der Waals surface area (Å²) < 4.78 is 15.6. The fourth-order valence-electron chi connectivity index (χ4n) is 2.11. The fourth-order valence-corrected chi connectivity index (χ4v) is 2.11. The lowest BCUT2D eigenvalue weighted by molar-refractivity contribution is 0.602. The maximum Gasteiger partial charge on any atom is 0.167 e. The van der Waals surface area contributed by atoms with Gasteiger partial charge < -0.3 is 10.3 Å². The summed E-state index contributed by atoms with van der Waals surface area (Å²) in [7, 11) is 0. The molecule has 0 atom stereocenters. The Labute approximate surface area is 109 Å². The van der Waals surface area contributed by atoms with Crippen LogP contribution in [0, 0.1) is 11.2 Å². The highest BCUT2D eigenvalue weighted by Crippen LogP contribution is 2.21. The predicted octanol–water partition coefficient (Wildman–Crippen LogP) is 1.42. The highest BCUT2D eigenvalue weighted by atomic mass is 19.1. The van der Waals surface area contributed by atoms with Gasteiger partial charge in [0.15, 0.2) is 11.6 Å². The van der Waals surface area contributed by atoms with Crippen molar-refractivity contribution in [1.82, 2.24) is 19.7 Å². The van der Waals surface area contributed by atoms with Crippen LogP contribution in [0.15, 0.2) is 24.9 Å². The van der Waals surface area contributed by atoms with Crippen LogP contribution in [0.1, 0.15) is 12.8 Å². The first kappa shape index (κ1) is 11.8. The van der Waals surface area contributed by atoms with Gasteiger partial charge in [-0.05, 0) is 0 Å². The van der Waals surface area contributed by atoms with E-state index >= 15 is 0 Å². The maximum absolute atomic E-state index is 14.1. The van der Waals surface area contributed by atoms with Crippen molar-refractivity contribution in [2.45, 2.75) is 12.8 Å². The van der Waals surface area contributed by atoms with Crippen LogP contribution in [0.4, 0.5) is 10.2 Å². The minimum absolute atomic E-state index is 0.344. The number of halogens is 1. The number of anilines is 1. The van der Waals surface area contributed by atoms with Gasteiger partial charge in [-0.15, -0.1) is 0 Å². The van der Waals surface area contributed by atoms with E-state index in [9.17, 15) is 4.39 Å². The number of aromatic nitrogens is 4. The first-order valence-electron chi connectivity index (χ1n) is 6.06. The van der Waals surface area contributed by atoms with E-state index in [2.05, 4.69) is 15.1 Å². The molecule has 2 aromatic rings. The Bertz CT molecular complexity index is 584. The van der Waals surface area contributed by atoms with E-state index in [1.165, 1.54) is 23.4 Å². The molecule has 0 spiro atoms. The molecular weight excluding hydrogens is 247 g/mol. The zero-order valence-electron chi connectivity index (χ0n) is 10.3. The van der Waals surface area contributed by atoms with Crippen LogP contribution in [0.3, 0.4) is 0 Å². The monoisotopic (exact) mass is 260 g/mol. The number of nitrogens with zero attached hydrogens (tertiary/aromatic N) is 5. The van der Waals surface area contributed by atoms with E-state index in [1.807, 2.05) is 4.90 Å². The summed E-state index contributed by atoms with van der Waals surface area (Å²) in [6.45, 7) is 1.29. The highest BCUT2D eigenvalue weighted by molar-refractivity contribution is 5.83. The van der Waals surface area contributed by atoms with Crippen molar-refractivity contribution in [1.29, 1.82) is 5.41 Å². The van der Waals surface area contributed by atoms with E-state index in [0.717, 1.165) is 5.71 Å². The Hall–Kier alpha value is -2.31. The molecule has 1 aliphatic rings. The molecule has 0 unspecified atom stereocenters. The van der Waals surface area contributed by atoms with Crippen LogP contribution in [0.25, 0.3) is 5.69 Å². The van der Waals surface area contributed by atoms with E-state index in [1.54, 1.807) is 6.20 Å². The van der Waals surface area contributed by atoms with Crippen molar-refractivity contribution >= 4 is 11.5 Å². The molecule has 0 bridgehead atoms. The van der Waals surface area contributed by atoms with Crippen LogP contribution in [0.2, 0.25) is 0 Å². The molecular formula is C12H13FN6. The highest BCUT2D eigenvalue weighted by Gasteiger charge is 2.19. The van der Waals surface area contributed by atoms with Crippen molar-refractivity contribution in [3.63, 3.8) is 0 Å². The molecule has 19 heavy (non-hydrogen) atoms. The topological polar surface area (TPSA) is 70.7 Å². The second kappa shape index (κ2) is 4.75. The third-order valence-corrected chi connectivity index (χ3v) is 3.16. The second-order valence-electron chi connectivity index (χ2n) is 4.43. The van der Waals surface area contributed by atoms with Crippen molar-refractivity contribution in [3.05, 3.63) is 30.7 Å². The van der Waals surface area contributed by atoms with E-state index in [0.29, 0.717) is 37.4 Å². The van der Waals surface area contributed by atoms with Crippen LogP contribution in [0.5, 0.6) is 0 Å². The Morgan fingerprint density at radius 3 is 2.68 bits per heavy atom. The lowest BCUT2D eigenvalue weighted by Crippen LogP contribution is -2.34. The maximum atomic E-state index is 14.1. The number of rotatable bonds is 2. The molecule has 3 heterocycles. The van der Waals surface area contributed by atoms with Gasteiger partial charge in [0.2, 0.25) is 0 Å². The number of nitrogens with one attached hydrogen (secondary N) is 1. The Morgan fingerprint density at radius 2 is 2.05 bits per heavy atom. The van der Waals surface area contributed by atoms with Crippen molar-refractivity contribution < 1.29 is 4.39 Å².